The lowest BCUT2D eigenvalue weighted by molar-refractivity contribution is -0.164. The first-order chi connectivity index (χ1) is 14.1. The first-order valence-electron chi connectivity index (χ1n) is 9.44. The van der Waals surface area contributed by atoms with Gasteiger partial charge in [-0.25, -0.2) is 4.79 Å². The Hall–Kier alpha value is -3.32. The maximum absolute atomic E-state index is 12.1. The lowest BCUT2D eigenvalue weighted by Gasteiger charge is -2.29. The summed E-state index contributed by atoms with van der Waals surface area (Å²) in [6.07, 6.45) is 2.75. The van der Waals surface area contributed by atoms with Gasteiger partial charge in [-0.15, -0.1) is 0 Å². The number of ether oxygens (including phenoxy) is 2. The van der Waals surface area contributed by atoms with Gasteiger partial charge in [-0.05, 0) is 36.3 Å². The van der Waals surface area contributed by atoms with Gasteiger partial charge in [0.15, 0.2) is 5.60 Å². The molecule has 160 valence electrons. The molecule has 0 spiro atoms. The summed E-state index contributed by atoms with van der Waals surface area (Å²) in [5.74, 6) is -2.25. The van der Waals surface area contributed by atoms with Crippen LogP contribution in [0.3, 0.4) is 0 Å². The van der Waals surface area contributed by atoms with Gasteiger partial charge in [0.05, 0.1) is 5.92 Å². The van der Waals surface area contributed by atoms with Crippen LogP contribution >= 0.6 is 0 Å². The first-order valence-corrected chi connectivity index (χ1v) is 9.44. The molecule has 0 aliphatic heterocycles. The van der Waals surface area contributed by atoms with Crippen LogP contribution in [0.15, 0.2) is 48.5 Å². The average molecular weight is 414 g/mol. The molecule has 0 saturated carbocycles. The lowest BCUT2D eigenvalue weighted by atomic mass is 9.93. The van der Waals surface area contributed by atoms with Crippen molar-refractivity contribution in [1.82, 2.24) is 0 Å². The number of phenolic OH excluding ortho intramolecular Hbond substituents is 2. The number of aromatic hydroxyl groups is 2. The van der Waals surface area contributed by atoms with E-state index >= 15 is 0 Å². The highest BCUT2D eigenvalue weighted by Gasteiger charge is 2.36. The zero-order valence-electron chi connectivity index (χ0n) is 17.2. The summed E-state index contributed by atoms with van der Waals surface area (Å²) in [6.45, 7) is 3.66. The van der Waals surface area contributed by atoms with Gasteiger partial charge in [0.2, 0.25) is 0 Å². The molecule has 0 heterocycles. The van der Waals surface area contributed by atoms with E-state index < -0.39 is 36.7 Å². The van der Waals surface area contributed by atoms with Crippen molar-refractivity contribution in [3.8, 4) is 11.5 Å². The van der Waals surface area contributed by atoms with Crippen molar-refractivity contribution < 1.29 is 34.4 Å². The van der Waals surface area contributed by atoms with Gasteiger partial charge in [0, 0.05) is 11.6 Å². The number of rotatable bonds is 8. The Morgan fingerprint density at radius 1 is 1.03 bits per heavy atom. The van der Waals surface area contributed by atoms with Gasteiger partial charge in [-0.1, -0.05) is 44.2 Å². The molecule has 30 heavy (non-hydrogen) atoms. The first kappa shape index (κ1) is 23.0. The van der Waals surface area contributed by atoms with Gasteiger partial charge in [-0.2, -0.15) is 0 Å². The van der Waals surface area contributed by atoms with E-state index in [1.807, 2.05) is 18.2 Å². The van der Waals surface area contributed by atoms with E-state index in [2.05, 4.69) is 0 Å². The van der Waals surface area contributed by atoms with Crippen molar-refractivity contribution in [2.75, 3.05) is 13.2 Å². The predicted octanol–water partition coefficient (Wildman–Crippen LogP) is 3.05. The minimum absolute atomic E-state index is 0.123. The van der Waals surface area contributed by atoms with Crippen molar-refractivity contribution in [2.24, 2.45) is 5.92 Å². The van der Waals surface area contributed by atoms with E-state index in [1.165, 1.54) is 12.1 Å². The van der Waals surface area contributed by atoms with Gasteiger partial charge in [-0.3, -0.25) is 4.79 Å². The third-order valence-electron chi connectivity index (χ3n) is 4.40. The summed E-state index contributed by atoms with van der Waals surface area (Å²) in [6, 6.07) is 11.5. The standard InChI is InChI=1S/C23H26O7/c1-15(2)22(27)30-14-23(28,18-12-19(24)16(3)11-20(18)25)13-29-21(26)10-9-17-7-5-4-6-8-17/h4-12,15,24-25,28H,13-14H2,1-3H3. The third kappa shape index (κ3) is 6.09. The van der Waals surface area contributed by atoms with Crippen LogP contribution in [0.25, 0.3) is 6.08 Å². The number of carbonyl (C=O) groups excluding carboxylic acids is 2. The molecule has 2 aromatic rings. The third-order valence-corrected chi connectivity index (χ3v) is 4.40. The maximum atomic E-state index is 12.1. The highest BCUT2D eigenvalue weighted by atomic mass is 16.6. The van der Waals surface area contributed by atoms with Gasteiger partial charge >= 0.3 is 11.9 Å². The molecule has 1 atom stereocenters. The number of carbonyl (C=O) groups is 2. The highest BCUT2D eigenvalue weighted by molar-refractivity contribution is 5.87. The van der Waals surface area contributed by atoms with E-state index in [0.717, 1.165) is 11.6 Å². The summed E-state index contributed by atoms with van der Waals surface area (Å²) in [7, 11) is 0. The molecule has 0 fully saturated rings. The molecule has 0 aliphatic carbocycles. The summed E-state index contributed by atoms with van der Waals surface area (Å²) in [4.78, 5) is 24.0. The highest BCUT2D eigenvalue weighted by Crippen LogP contribution is 2.35. The Morgan fingerprint density at radius 3 is 2.30 bits per heavy atom. The van der Waals surface area contributed by atoms with Gasteiger partial charge in [0.1, 0.15) is 24.7 Å². The second-order valence-electron chi connectivity index (χ2n) is 7.30. The number of aryl methyl sites for hydroxylation is 1. The normalized spacial score (nSPS) is 13.2. The lowest BCUT2D eigenvalue weighted by Crippen LogP contribution is -2.39. The Kier molecular flexibility index (Phi) is 7.60. The Labute approximate surface area is 175 Å². The minimum atomic E-state index is -2.06. The van der Waals surface area contributed by atoms with Crippen LogP contribution in [-0.2, 0) is 24.7 Å². The van der Waals surface area contributed by atoms with Crippen LogP contribution in [0.5, 0.6) is 11.5 Å². The molecule has 0 radical (unpaired) electrons. The molecular weight excluding hydrogens is 388 g/mol. The molecule has 0 amide bonds. The predicted molar refractivity (Wildman–Crippen MR) is 111 cm³/mol. The van der Waals surface area contributed by atoms with Crippen LogP contribution in [0.1, 0.15) is 30.5 Å². The van der Waals surface area contributed by atoms with Crippen LogP contribution in [-0.4, -0.2) is 40.5 Å². The summed E-state index contributed by atoms with van der Waals surface area (Å²) in [5.41, 5.74) is -1.00. The SMILES string of the molecule is Cc1cc(O)c(C(O)(COC(=O)C=Cc2ccccc2)COC(=O)C(C)C)cc1O. The van der Waals surface area contributed by atoms with Gasteiger partial charge in [0.25, 0.3) is 0 Å². The van der Waals surface area contributed by atoms with Crippen LogP contribution < -0.4 is 0 Å². The van der Waals surface area contributed by atoms with Crippen molar-refractivity contribution >= 4 is 18.0 Å². The zero-order chi connectivity index (χ0) is 22.3. The Bertz CT molecular complexity index is 919. The fraction of sp³-hybridized carbons (Fsp3) is 0.304. The molecule has 0 bridgehead atoms. The Balaban J connectivity index is 2.21. The second-order valence-corrected chi connectivity index (χ2v) is 7.30. The molecule has 0 saturated heterocycles. The number of hydrogen-bond acceptors (Lipinski definition) is 7. The molecular formula is C23H26O7. The van der Waals surface area contributed by atoms with E-state index in [0.29, 0.717) is 5.56 Å². The molecule has 3 N–H and O–H groups in total. The van der Waals surface area contributed by atoms with E-state index in [9.17, 15) is 24.9 Å². The Morgan fingerprint density at radius 2 is 1.67 bits per heavy atom. The summed E-state index contributed by atoms with van der Waals surface area (Å²) >= 11 is 0. The van der Waals surface area contributed by atoms with Gasteiger partial charge < -0.3 is 24.8 Å². The van der Waals surface area contributed by atoms with Crippen molar-refractivity contribution in [3.05, 3.63) is 65.2 Å². The molecule has 0 aliphatic rings. The number of phenols is 2. The summed E-state index contributed by atoms with van der Waals surface area (Å²) in [5, 5.41) is 31.4. The largest absolute Gasteiger partial charge is 0.508 e. The second kappa shape index (κ2) is 9.93. The van der Waals surface area contributed by atoms with Crippen LogP contribution in [0, 0.1) is 12.8 Å². The number of aliphatic hydroxyl groups is 1. The molecule has 7 nitrogen and oxygen atoms in total. The van der Waals surface area contributed by atoms with Crippen molar-refractivity contribution in [3.63, 3.8) is 0 Å². The van der Waals surface area contributed by atoms with E-state index in [-0.39, 0.29) is 17.1 Å². The quantitative estimate of drug-likeness (QED) is 0.346. The molecule has 0 aromatic heterocycles. The molecule has 7 heteroatoms. The summed E-state index contributed by atoms with van der Waals surface area (Å²) < 4.78 is 10.3. The molecule has 2 rings (SSSR count). The number of esters is 2. The van der Waals surface area contributed by atoms with E-state index in [4.69, 9.17) is 9.47 Å². The zero-order valence-corrected chi connectivity index (χ0v) is 17.2. The van der Waals surface area contributed by atoms with Crippen molar-refractivity contribution in [2.45, 2.75) is 26.4 Å². The van der Waals surface area contributed by atoms with Crippen LogP contribution in [0.2, 0.25) is 0 Å². The molecule has 1 unspecified atom stereocenters. The monoisotopic (exact) mass is 414 g/mol. The van der Waals surface area contributed by atoms with Crippen LogP contribution in [0.4, 0.5) is 0 Å². The smallest absolute Gasteiger partial charge is 0.330 e. The number of hydrogen-bond donors (Lipinski definition) is 3. The maximum Gasteiger partial charge on any atom is 0.330 e. The average Bonchev–Trinajstić information content (AvgIpc) is 2.72. The molecule has 2 aromatic carbocycles. The fourth-order valence-electron chi connectivity index (χ4n) is 2.58. The fourth-order valence-corrected chi connectivity index (χ4v) is 2.58. The number of benzene rings is 2. The minimum Gasteiger partial charge on any atom is -0.508 e. The van der Waals surface area contributed by atoms with E-state index in [1.54, 1.807) is 39.0 Å². The van der Waals surface area contributed by atoms with Crippen molar-refractivity contribution in [1.29, 1.82) is 0 Å². The topological polar surface area (TPSA) is 113 Å².